The Bertz CT molecular complexity index is 750. The van der Waals surface area contributed by atoms with Crippen LogP contribution in [0.2, 0.25) is 0 Å². The van der Waals surface area contributed by atoms with Crippen LogP contribution in [-0.4, -0.2) is 23.4 Å². The van der Waals surface area contributed by atoms with Crippen molar-refractivity contribution in [3.63, 3.8) is 0 Å². The van der Waals surface area contributed by atoms with Gasteiger partial charge >= 0.3 is 0 Å². The van der Waals surface area contributed by atoms with Gasteiger partial charge in [0.1, 0.15) is 0 Å². The Hall–Kier alpha value is -1.45. The summed E-state index contributed by atoms with van der Waals surface area (Å²) in [5.74, 6) is 0.836. The van der Waals surface area contributed by atoms with E-state index < -0.39 is 0 Å². The summed E-state index contributed by atoms with van der Waals surface area (Å²) in [6, 6.07) is 11.3. The predicted molar refractivity (Wildman–Crippen MR) is 80.0 cm³/mol. The van der Waals surface area contributed by atoms with E-state index in [1.807, 2.05) is 36.7 Å². The molecule has 0 spiro atoms. The average Bonchev–Trinajstić information content (AvgIpc) is 2.49. The molecule has 4 nitrogen and oxygen atoms in total. The number of nitrogens with zero attached hydrogens (tertiary/aromatic N) is 4. The van der Waals surface area contributed by atoms with Gasteiger partial charge in [0.15, 0.2) is 0 Å². The van der Waals surface area contributed by atoms with Gasteiger partial charge in [-0.3, -0.25) is 4.57 Å². The zero-order chi connectivity index (χ0) is 13.9. The van der Waals surface area contributed by atoms with Crippen molar-refractivity contribution in [3.05, 3.63) is 60.9 Å². The van der Waals surface area contributed by atoms with Gasteiger partial charge in [0.25, 0.3) is 6.33 Å². The monoisotopic (exact) mass is 361 g/mol. The Morgan fingerprint density at radius 1 is 1.14 bits per heavy atom. The van der Waals surface area contributed by atoms with Crippen molar-refractivity contribution in [2.24, 2.45) is 7.05 Å². The third-order valence-corrected chi connectivity index (χ3v) is 3.10. The van der Waals surface area contributed by atoms with Gasteiger partial charge < -0.3 is 4.98 Å². The Kier molecular flexibility index (Phi) is 6.98. The third-order valence-electron chi connectivity index (χ3n) is 3.10. The molecule has 0 fully saturated rings. The van der Waals surface area contributed by atoms with Crippen LogP contribution >= 0.6 is 0 Å². The van der Waals surface area contributed by atoms with Crippen molar-refractivity contribution in [1.29, 1.82) is 0 Å². The topological polar surface area (TPSA) is 42.6 Å². The second kappa shape index (κ2) is 8.25. The Balaban J connectivity index is 0.00000121. The van der Waals surface area contributed by atoms with Crippen molar-refractivity contribution in [2.75, 3.05) is 0 Å². The van der Waals surface area contributed by atoms with Gasteiger partial charge in [-0.15, -0.1) is 22.7 Å². The molecule has 3 aromatic rings. The summed E-state index contributed by atoms with van der Waals surface area (Å²) in [4.78, 5) is 12.4. The van der Waals surface area contributed by atoms with Gasteiger partial charge in [0.2, 0.25) is 12.2 Å². The van der Waals surface area contributed by atoms with E-state index in [0.29, 0.717) is 0 Å². The van der Waals surface area contributed by atoms with Gasteiger partial charge in [-0.25, -0.2) is 0 Å². The molecule has 0 N–H and O–H groups in total. The number of aromatic nitrogens is 4. The molecular weight excluding hydrogens is 348 g/mol. The first kappa shape index (κ1) is 18.6. The van der Waals surface area contributed by atoms with E-state index >= 15 is 0 Å². The van der Waals surface area contributed by atoms with Crippen LogP contribution in [0.4, 0.5) is 0 Å². The fraction of sp³-hybridized carbons (Fsp3) is 0.125. The van der Waals surface area contributed by atoms with Gasteiger partial charge in [-0.2, -0.15) is 29.3 Å². The predicted octanol–water partition coefficient (Wildman–Crippen LogP) is 1.56. The van der Waals surface area contributed by atoms with Crippen molar-refractivity contribution in [2.45, 2.75) is 6.92 Å². The molecule has 0 bridgehead atoms. The molecule has 0 atom stereocenters. The fourth-order valence-corrected chi connectivity index (χ4v) is 2.04. The third kappa shape index (κ3) is 3.84. The maximum atomic E-state index is 4.34. The van der Waals surface area contributed by atoms with Crippen LogP contribution in [-0.2, 0) is 39.8 Å². The van der Waals surface area contributed by atoms with Gasteiger partial charge in [-0.05, 0) is 0 Å². The van der Waals surface area contributed by atoms with Crippen LogP contribution in [0.15, 0.2) is 43.1 Å². The number of rotatable bonds is 2. The summed E-state index contributed by atoms with van der Waals surface area (Å²) >= 11 is 0. The van der Waals surface area contributed by atoms with Crippen LogP contribution in [0.5, 0.6) is 0 Å². The Morgan fingerprint density at radius 2 is 1.95 bits per heavy atom. The minimum Gasteiger partial charge on any atom is -0.369 e. The van der Waals surface area contributed by atoms with E-state index in [1.54, 1.807) is 18.9 Å². The van der Waals surface area contributed by atoms with Crippen LogP contribution in [0.1, 0.15) is 5.56 Å². The number of hydrogen-bond donors (Lipinski definition) is 0. The van der Waals surface area contributed by atoms with Crippen LogP contribution in [0.3, 0.4) is 0 Å². The summed E-state index contributed by atoms with van der Waals surface area (Å²) < 4.78 is 1.88. The van der Waals surface area contributed by atoms with Crippen molar-refractivity contribution < 1.29 is 37.3 Å². The van der Waals surface area contributed by atoms with E-state index in [0.717, 1.165) is 28.1 Å². The molecular formula is C16H13BN4Y-. The molecule has 2 heterocycles. The molecule has 0 saturated carbocycles. The number of aryl methyl sites for hydroxylation is 2. The van der Waals surface area contributed by atoms with Gasteiger partial charge in [0, 0.05) is 41.1 Å². The first-order valence-corrected chi connectivity index (χ1v) is 6.28. The molecule has 22 heavy (non-hydrogen) atoms. The van der Waals surface area contributed by atoms with E-state index in [9.17, 15) is 0 Å². The summed E-state index contributed by atoms with van der Waals surface area (Å²) in [6.07, 6.45) is 7.97. The molecule has 0 aliphatic carbocycles. The first-order chi connectivity index (χ1) is 9.75. The average molecular weight is 361 g/mol. The molecule has 4 radical (unpaired) electrons. The number of benzene rings is 1. The van der Waals surface area contributed by atoms with E-state index in [1.165, 1.54) is 0 Å². The van der Waals surface area contributed by atoms with E-state index in [4.69, 9.17) is 0 Å². The maximum absolute atomic E-state index is 4.34. The second-order valence-electron chi connectivity index (χ2n) is 4.54. The van der Waals surface area contributed by atoms with Crippen molar-refractivity contribution in [3.8, 4) is 22.5 Å². The number of hydrogen-bond acceptors (Lipinski definition) is 3. The van der Waals surface area contributed by atoms with Crippen molar-refractivity contribution in [1.82, 2.24) is 15.0 Å². The minimum atomic E-state index is 0. The van der Waals surface area contributed by atoms with E-state index in [2.05, 4.69) is 33.3 Å². The number of pyridine rings is 1. The van der Waals surface area contributed by atoms with Crippen LogP contribution < -0.4 is 4.57 Å². The molecule has 0 saturated heterocycles. The van der Waals surface area contributed by atoms with Crippen LogP contribution in [0, 0.1) is 19.2 Å². The molecule has 104 valence electrons. The van der Waals surface area contributed by atoms with Gasteiger partial charge in [0.05, 0.1) is 7.05 Å². The van der Waals surface area contributed by atoms with Gasteiger partial charge in [-0.1, -0.05) is 29.9 Å². The zero-order valence-corrected chi connectivity index (χ0v) is 15.3. The SMILES string of the molecule is Cc1ccc(-c2[c-]nccc2)[c-]c1-c1ncnc[n+]1C.[B].[Y]. The quantitative estimate of drug-likeness (QED) is 0.395. The summed E-state index contributed by atoms with van der Waals surface area (Å²) in [7, 11) is 1.92. The molecule has 6 heteroatoms. The van der Waals surface area contributed by atoms with E-state index in [-0.39, 0.29) is 41.1 Å². The first-order valence-electron chi connectivity index (χ1n) is 6.28. The molecule has 0 unspecified atom stereocenters. The molecule has 1 aromatic carbocycles. The largest absolute Gasteiger partial charge is 0.369 e. The molecule has 3 rings (SSSR count). The molecule has 2 aromatic heterocycles. The van der Waals surface area contributed by atoms with Crippen LogP contribution in [0.25, 0.3) is 22.5 Å². The summed E-state index contributed by atoms with van der Waals surface area (Å²) in [5.41, 5.74) is 3.96. The van der Waals surface area contributed by atoms with Crippen molar-refractivity contribution >= 4 is 8.41 Å². The summed E-state index contributed by atoms with van der Waals surface area (Å²) in [5, 5.41) is 0. The Labute approximate surface area is 157 Å². The molecule has 0 amide bonds. The molecule has 0 aliphatic heterocycles. The minimum absolute atomic E-state index is 0. The maximum Gasteiger partial charge on any atom is 0.255 e. The second-order valence-corrected chi connectivity index (χ2v) is 4.54. The fourth-order valence-electron chi connectivity index (χ4n) is 2.04. The standard InChI is InChI=1S/C16H13N4.B.Y/c1-12-5-6-13(14-4-3-7-17-9-14)8-15(12)16-19-10-18-11-20(16)2;;/h3-7,10-11H,1-2H3;;/q-1;;. The normalized spacial score (nSPS) is 9.55. The zero-order valence-electron chi connectivity index (χ0n) is 12.5. The Morgan fingerprint density at radius 3 is 2.64 bits per heavy atom. The smallest absolute Gasteiger partial charge is 0.255 e. The molecule has 0 aliphatic rings. The summed E-state index contributed by atoms with van der Waals surface area (Å²) in [6.45, 7) is 2.05.